The molecule has 0 amide bonds. The van der Waals surface area contributed by atoms with Crippen molar-refractivity contribution >= 4 is 32.5 Å². The third-order valence-electron chi connectivity index (χ3n) is 3.18. The topological polar surface area (TPSA) is 80.4 Å². The van der Waals surface area contributed by atoms with Crippen LogP contribution in [-0.2, 0) is 15.3 Å². The summed E-state index contributed by atoms with van der Waals surface area (Å²) < 4.78 is 30.7. The summed E-state index contributed by atoms with van der Waals surface area (Å²) in [6, 6.07) is 3.11. The van der Waals surface area contributed by atoms with Crippen molar-refractivity contribution in [3.8, 4) is 0 Å². The second-order valence-electron chi connectivity index (χ2n) is 6.03. The van der Waals surface area contributed by atoms with Crippen LogP contribution >= 0.6 is 11.6 Å². The number of aliphatic hydroxyl groups excluding tert-OH is 1. The molecule has 0 aliphatic rings. The van der Waals surface area contributed by atoms with Crippen molar-refractivity contribution in [1.29, 1.82) is 0 Å². The highest BCUT2D eigenvalue weighted by molar-refractivity contribution is 7.92. The van der Waals surface area contributed by atoms with Crippen LogP contribution < -0.4 is 0 Å². The quantitative estimate of drug-likeness (QED) is 0.935. The summed E-state index contributed by atoms with van der Waals surface area (Å²) in [5, 5.41) is 8.26. The van der Waals surface area contributed by atoms with Crippen LogP contribution in [0.5, 0.6) is 0 Å². The van der Waals surface area contributed by atoms with E-state index in [0.717, 1.165) is 0 Å². The minimum absolute atomic E-state index is 0.0689. The van der Waals surface area contributed by atoms with Gasteiger partial charge in [0.1, 0.15) is 10.4 Å². The first-order valence-corrected chi connectivity index (χ1v) is 8.45. The molecule has 2 rings (SSSR count). The summed E-state index contributed by atoms with van der Waals surface area (Å²) >= 11 is 6.06. The van der Waals surface area contributed by atoms with Gasteiger partial charge in [0, 0.05) is 5.41 Å². The predicted molar refractivity (Wildman–Crippen MR) is 81.5 cm³/mol. The first-order valence-electron chi connectivity index (χ1n) is 6.53. The molecule has 21 heavy (non-hydrogen) atoms. The molecular weight excluding hydrogens is 314 g/mol. The SMILES string of the molecule is CC(CO)S(=O)(=O)c1c(Cl)ccc2nc(C(C)(C)C)oc12. The molecule has 1 N–H and O–H groups in total. The lowest BCUT2D eigenvalue weighted by atomic mass is 9.97. The molecule has 0 fully saturated rings. The number of nitrogens with zero attached hydrogens (tertiary/aromatic N) is 1. The van der Waals surface area contributed by atoms with E-state index in [1.807, 2.05) is 20.8 Å². The van der Waals surface area contributed by atoms with E-state index in [-0.39, 0.29) is 20.9 Å². The number of hydrogen-bond acceptors (Lipinski definition) is 5. The van der Waals surface area contributed by atoms with Crippen LogP contribution in [0.1, 0.15) is 33.6 Å². The molecule has 0 saturated heterocycles. The average Bonchev–Trinajstić information content (AvgIpc) is 2.80. The lowest BCUT2D eigenvalue weighted by Gasteiger charge is -2.13. The maximum atomic E-state index is 12.5. The first-order chi connectivity index (χ1) is 9.59. The number of aliphatic hydroxyl groups is 1. The summed E-state index contributed by atoms with van der Waals surface area (Å²) in [4.78, 5) is 4.23. The van der Waals surface area contributed by atoms with E-state index in [9.17, 15) is 8.42 Å². The molecule has 116 valence electrons. The number of aromatic nitrogens is 1. The van der Waals surface area contributed by atoms with E-state index in [1.165, 1.54) is 13.0 Å². The normalized spacial score (nSPS) is 14.6. The molecule has 1 aromatic heterocycles. The molecule has 1 atom stereocenters. The second-order valence-corrected chi connectivity index (χ2v) is 8.74. The van der Waals surface area contributed by atoms with E-state index in [4.69, 9.17) is 21.1 Å². The standard InChI is InChI=1S/C14H18ClNO4S/c1-8(7-17)21(18,19)12-9(15)5-6-10-11(12)20-13(16-10)14(2,3)4/h5-6,8,17H,7H2,1-4H3. The number of halogens is 1. The highest BCUT2D eigenvalue weighted by Gasteiger charge is 2.31. The van der Waals surface area contributed by atoms with Gasteiger partial charge >= 0.3 is 0 Å². The molecular formula is C14H18ClNO4S. The number of benzene rings is 1. The van der Waals surface area contributed by atoms with Gasteiger partial charge in [0.2, 0.25) is 5.89 Å². The summed E-state index contributed by atoms with van der Waals surface area (Å²) in [7, 11) is -3.79. The Bertz CT molecular complexity index is 774. The minimum atomic E-state index is -3.79. The highest BCUT2D eigenvalue weighted by atomic mass is 35.5. The van der Waals surface area contributed by atoms with Gasteiger partial charge in [-0.3, -0.25) is 0 Å². The fraction of sp³-hybridized carbons (Fsp3) is 0.500. The van der Waals surface area contributed by atoms with Crippen molar-refractivity contribution in [3.63, 3.8) is 0 Å². The average molecular weight is 332 g/mol. The van der Waals surface area contributed by atoms with Gasteiger partial charge in [-0.15, -0.1) is 0 Å². The van der Waals surface area contributed by atoms with Crippen LogP contribution in [0, 0.1) is 0 Å². The van der Waals surface area contributed by atoms with E-state index >= 15 is 0 Å². The number of sulfone groups is 1. The Kier molecular flexibility index (Phi) is 4.08. The van der Waals surface area contributed by atoms with Crippen LogP contribution in [-0.4, -0.2) is 30.4 Å². The van der Waals surface area contributed by atoms with E-state index in [2.05, 4.69) is 4.98 Å². The van der Waals surface area contributed by atoms with E-state index in [0.29, 0.717) is 11.4 Å². The number of hydrogen-bond donors (Lipinski definition) is 1. The Morgan fingerprint density at radius 1 is 1.38 bits per heavy atom. The van der Waals surface area contributed by atoms with Gasteiger partial charge in [0.15, 0.2) is 15.4 Å². The van der Waals surface area contributed by atoms with Crippen LogP contribution in [0.15, 0.2) is 21.4 Å². The van der Waals surface area contributed by atoms with Gasteiger partial charge in [-0.25, -0.2) is 13.4 Å². The third-order valence-corrected chi connectivity index (χ3v) is 5.79. The molecule has 7 heteroatoms. The van der Waals surface area contributed by atoms with Gasteiger partial charge in [0.05, 0.1) is 16.9 Å². The monoisotopic (exact) mass is 331 g/mol. The van der Waals surface area contributed by atoms with Crippen LogP contribution in [0.25, 0.3) is 11.1 Å². The summed E-state index contributed by atoms with van der Waals surface area (Å²) in [5.74, 6) is 0.438. The Balaban J connectivity index is 2.80. The Labute approximate surface area is 128 Å². The highest BCUT2D eigenvalue weighted by Crippen LogP contribution is 2.35. The van der Waals surface area contributed by atoms with Crippen molar-refractivity contribution in [2.75, 3.05) is 6.61 Å². The molecule has 5 nitrogen and oxygen atoms in total. The Morgan fingerprint density at radius 2 is 2.00 bits per heavy atom. The zero-order valence-electron chi connectivity index (χ0n) is 12.3. The third kappa shape index (κ3) is 2.80. The van der Waals surface area contributed by atoms with Crippen molar-refractivity contribution in [2.24, 2.45) is 0 Å². The van der Waals surface area contributed by atoms with Gasteiger partial charge in [-0.2, -0.15) is 0 Å². The van der Waals surface area contributed by atoms with Gasteiger partial charge in [-0.1, -0.05) is 32.4 Å². The zero-order chi connectivity index (χ0) is 16.0. The molecule has 1 unspecified atom stereocenters. The molecule has 0 spiro atoms. The molecule has 0 saturated carbocycles. The lowest BCUT2D eigenvalue weighted by Crippen LogP contribution is -2.22. The number of rotatable bonds is 3. The van der Waals surface area contributed by atoms with Crippen molar-refractivity contribution in [2.45, 2.75) is 43.3 Å². The molecule has 2 aromatic rings. The number of fused-ring (bicyclic) bond motifs is 1. The van der Waals surface area contributed by atoms with Crippen molar-refractivity contribution in [1.82, 2.24) is 4.98 Å². The maximum Gasteiger partial charge on any atom is 0.200 e. The smallest absolute Gasteiger partial charge is 0.200 e. The maximum absolute atomic E-state index is 12.5. The van der Waals surface area contributed by atoms with Crippen LogP contribution in [0.4, 0.5) is 0 Å². The van der Waals surface area contributed by atoms with Crippen molar-refractivity contribution < 1.29 is 17.9 Å². The molecule has 0 radical (unpaired) electrons. The predicted octanol–water partition coefficient (Wildman–Crippen LogP) is 2.93. The Morgan fingerprint density at radius 3 is 2.52 bits per heavy atom. The van der Waals surface area contributed by atoms with Gasteiger partial charge in [-0.05, 0) is 19.1 Å². The van der Waals surface area contributed by atoms with Crippen LogP contribution in [0.2, 0.25) is 5.02 Å². The van der Waals surface area contributed by atoms with E-state index in [1.54, 1.807) is 6.07 Å². The largest absolute Gasteiger partial charge is 0.439 e. The van der Waals surface area contributed by atoms with Gasteiger partial charge < -0.3 is 9.52 Å². The lowest BCUT2D eigenvalue weighted by molar-refractivity contribution is 0.295. The van der Waals surface area contributed by atoms with Crippen molar-refractivity contribution in [3.05, 3.63) is 23.0 Å². The molecule has 0 aliphatic carbocycles. The fourth-order valence-corrected chi connectivity index (χ4v) is 3.64. The molecule has 1 aromatic carbocycles. The zero-order valence-corrected chi connectivity index (χ0v) is 13.9. The van der Waals surface area contributed by atoms with E-state index < -0.39 is 21.7 Å². The summed E-state index contributed by atoms with van der Waals surface area (Å²) in [6.45, 7) is 6.69. The van der Waals surface area contributed by atoms with Gasteiger partial charge in [0.25, 0.3) is 0 Å². The number of oxazole rings is 1. The Hall–Kier alpha value is -1.11. The van der Waals surface area contributed by atoms with Crippen LogP contribution in [0.3, 0.4) is 0 Å². The fourth-order valence-electron chi connectivity index (χ4n) is 1.83. The molecule has 0 bridgehead atoms. The molecule has 0 aliphatic heterocycles. The summed E-state index contributed by atoms with van der Waals surface area (Å²) in [6.07, 6.45) is 0. The minimum Gasteiger partial charge on any atom is -0.439 e. The summed E-state index contributed by atoms with van der Waals surface area (Å²) in [5.41, 5.74) is 0.232. The molecule has 1 heterocycles. The first kappa shape index (κ1) is 16.3. The second kappa shape index (κ2) is 5.26.